The number of nitrogens with zero attached hydrogens (tertiary/aromatic N) is 2. The quantitative estimate of drug-likeness (QED) is 0.677. The van der Waals surface area contributed by atoms with Crippen molar-refractivity contribution in [1.82, 2.24) is 9.97 Å². The van der Waals surface area contributed by atoms with Crippen LogP contribution in [0.25, 0.3) is 0 Å². The fourth-order valence-corrected chi connectivity index (χ4v) is 3.04. The van der Waals surface area contributed by atoms with Gasteiger partial charge < -0.3 is 9.72 Å². The van der Waals surface area contributed by atoms with Crippen LogP contribution in [0.4, 0.5) is 0 Å². The number of aromatic amines is 1. The Morgan fingerprint density at radius 3 is 2.80 bits per heavy atom. The lowest BCUT2D eigenvalue weighted by Crippen LogP contribution is -2.07. The maximum Gasteiger partial charge on any atom is 0.119 e. The smallest absolute Gasteiger partial charge is 0.119 e. The van der Waals surface area contributed by atoms with E-state index in [4.69, 9.17) is 10.00 Å². The molecule has 3 aromatic rings. The Morgan fingerprint density at radius 2 is 2.04 bits per heavy atom. The highest BCUT2D eigenvalue weighted by atomic mass is 16.5. The number of hydrogen-bond donors (Lipinski definition) is 1. The molecule has 0 radical (unpaired) electrons. The van der Waals surface area contributed by atoms with Crippen LogP contribution in [0, 0.1) is 25.2 Å². The first-order valence-electron chi connectivity index (χ1n) is 8.35. The summed E-state index contributed by atoms with van der Waals surface area (Å²) in [5, 5.41) is 8.68. The first-order chi connectivity index (χ1) is 12.2. The molecule has 1 heterocycles. The molecule has 1 atom stereocenters. The van der Waals surface area contributed by atoms with Crippen molar-refractivity contribution in [3.05, 3.63) is 82.9 Å². The predicted octanol–water partition coefficient (Wildman–Crippen LogP) is 4.50. The van der Waals surface area contributed by atoms with Crippen molar-refractivity contribution in [2.24, 2.45) is 0 Å². The van der Waals surface area contributed by atoms with Crippen LogP contribution in [0.5, 0.6) is 5.75 Å². The molecule has 1 aromatic heterocycles. The minimum Gasteiger partial charge on any atom is -0.493 e. The molecule has 3 rings (SSSR count). The largest absolute Gasteiger partial charge is 0.493 e. The molecular weight excluding hydrogens is 310 g/mol. The van der Waals surface area contributed by atoms with E-state index in [9.17, 15) is 0 Å². The summed E-state index contributed by atoms with van der Waals surface area (Å²) in [7, 11) is 0. The summed E-state index contributed by atoms with van der Waals surface area (Å²) >= 11 is 0. The second kappa shape index (κ2) is 7.67. The lowest BCUT2D eigenvalue weighted by Gasteiger charge is -2.20. The van der Waals surface area contributed by atoms with Gasteiger partial charge in [-0.25, -0.2) is 4.98 Å². The Balaban J connectivity index is 2.03. The number of imidazole rings is 1. The Bertz CT molecular complexity index is 878. The average Bonchev–Trinajstić information content (AvgIpc) is 3.14. The summed E-state index contributed by atoms with van der Waals surface area (Å²) < 4.78 is 5.70. The fraction of sp³-hybridized carbons (Fsp3) is 0.238. The average molecular weight is 331 g/mol. The molecular formula is C21H21N3O. The summed E-state index contributed by atoms with van der Waals surface area (Å²) in [5.41, 5.74) is 5.97. The van der Waals surface area contributed by atoms with E-state index in [1.165, 1.54) is 16.7 Å². The van der Waals surface area contributed by atoms with Crippen LogP contribution in [0.3, 0.4) is 0 Å². The molecule has 0 saturated carbocycles. The van der Waals surface area contributed by atoms with Gasteiger partial charge in [0, 0.05) is 11.9 Å². The molecule has 4 nitrogen and oxygen atoms in total. The minimum absolute atomic E-state index is 0.0573. The van der Waals surface area contributed by atoms with Crippen LogP contribution in [0.2, 0.25) is 0 Å². The van der Waals surface area contributed by atoms with Gasteiger partial charge in [-0.1, -0.05) is 30.3 Å². The second-order valence-electron chi connectivity index (χ2n) is 6.06. The first kappa shape index (κ1) is 16.8. The van der Waals surface area contributed by atoms with Gasteiger partial charge in [-0.3, -0.25) is 0 Å². The zero-order valence-corrected chi connectivity index (χ0v) is 14.5. The molecule has 1 unspecified atom stereocenters. The fourth-order valence-electron chi connectivity index (χ4n) is 3.04. The standard InChI is InChI=1S/C21H21N3O/c1-15-6-3-9-19(16(15)2)21(20-13-23-14-24-20)17-7-4-8-18(12-17)25-11-5-10-22/h3-4,6-9,12-14,21H,5,11H2,1-2H3,(H,23,24). The second-order valence-corrected chi connectivity index (χ2v) is 6.06. The van der Waals surface area contributed by atoms with Crippen molar-refractivity contribution >= 4 is 0 Å². The van der Waals surface area contributed by atoms with Gasteiger partial charge >= 0.3 is 0 Å². The highest BCUT2D eigenvalue weighted by Gasteiger charge is 2.21. The number of hydrogen-bond acceptors (Lipinski definition) is 3. The molecule has 0 aliphatic heterocycles. The zero-order valence-electron chi connectivity index (χ0n) is 14.5. The van der Waals surface area contributed by atoms with E-state index in [0.29, 0.717) is 13.0 Å². The third kappa shape index (κ3) is 3.72. The van der Waals surface area contributed by atoms with Crippen LogP contribution in [-0.4, -0.2) is 16.6 Å². The molecule has 0 spiro atoms. The maximum atomic E-state index is 8.68. The summed E-state index contributed by atoms with van der Waals surface area (Å²) in [4.78, 5) is 7.46. The zero-order chi connectivity index (χ0) is 17.6. The molecule has 1 N–H and O–H groups in total. The van der Waals surface area contributed by atoms with Crippen molar-refractivity contribution < 1.29 is 4.74 Å². The number of rotatable bonds is 6. The number of ether oxygens (including phenoxy) is 1. The lowest BCUT2D eigenvalue weighted by atomic mass is 9.85. The van der Waals surface area contributed by atoms with Gasteiger partial charge in [-0.2, -0.15) is 5.26 Å². The first-order valence-corrected chi connectivity index (χ1v) is 8.35. The number of aromatic nitrogens is 2. The predicted molar refractivity (Wildman–Crippen MR) is 97.6 cm³/mol. The molecule has 0 fully saturated rings. The molecule has 0 bridgehead atoms. The third-order valence-corrected chi connectivity index (χ3v) is 4.46. The van der Waals surface area contributed by atoms with E-state index in [1.807, 2.05) is 24.4 Å². The Hall–Kier alpha value is -3.06. The lowest BCUT2D eigenvalue weighted by molar-refractivity contribution is 0.326. The highest BCUT2D eigenvalue weighted by Crippen LogP contribution is 2.34. The number of nitriles is 1. The Labute approximate surface area is 148 Å². The highest BCUT2D eigenvalue weighted by molar-refractivity contribution is 5.47. The van der Waals surface area contributed by atoms with Gasteiger partial charge in [0.1, 0.15) is 12.4 Å². The molecule has 0 aliphatic carbocycles. The SMILES string of the molecule is Cc1cccc(C(c2cccc(OCCC#N)c2)c2cnc[nH]2)c1C. The van der Waals surface area contributed by atoms with Crippen LogP contribution >= 0.6 is 0 Å². The van der Waals surface area contributed by atoms with E-state index in [0.717, 1.165) is 17.0 Å². The molecule has 126 valence electrons. The van der Waals surface area contributed by atoms with Crippen molar-refractivity contribution in [1.29, 1.82) is 5.26 Å². The molecule has 0 amide bonds. The van der Waals surface area contributed by atoms with Crippen LogP contribution in [0.1, 0.15) is 40.3 Å². The topological polar surface area (TPSA) is 61.7 Å². The number of H-pyrrole nitrogens is 1. The Kier molecular flexibility index (Phi) is 5.15. The summed E-state index contributed by atoms with van der Waals surface area (Å²) in [5.74, 6) is 0.837. The van der Waals surface area contributed by atoms with E-state index in [1.54, 1.807) is 6.33 Å². The summed E-state index contributed by atoms with van der Waals surface area (Å²) in [6, 6.07) is 16.5. The van der Waals surface area contributed by atoms with Gasteiger partial charge in [0.15, 0.2) is 0 Å². The normalized spacial score (nSPS) is 11.7. The van der Waals surface area contributed by atoms with Crippen molar-refractivity contribution in [2.45, 2.75) is 26.2 Å². The van der Waals surface area contributed by atoms with Crippen LogP contribution in [0.15, 0.2) is 55.0 Å². The van der Waals surface area contributed by atoms with Crippen molar-refractivity contribution in [3.63, 3.8) is 0 Å². The van der Waals surface area contributed by atoms with Gasteiger partial charge in [0.25, 0.3) is 0 Å². The van der Waals surface area contributed by atoms with Gasteiger partial charge in [-0.15, -0.1) is 0 Å². The summed E-state index contributed by atoms with van der Waals surface area (Å²) in [6.45, 7) is 4.68. The molecule has 0 saturated heterocycles. The molecule has 4 heteroatoms. The van der Waals surface area contributed by atoms with Crippen LogP contribution < -0.4 is 4.74 Å². The van der Waals surface area contributed by atoms with Crippen LogP contribution in [-0.2, 0) is 0 Å². The van der Waals surface area contributed by atoms with Crippen molar-refractivity contribution in [3.8, 4) is 11.8 Å². The maximum absolute atomic E-state index is 8.68. The summed E-state index contributed by atoms with van der Waals surface area (Å²) in [6.07, 6.45) is 3.96. The van der Waals surface area contributed by atoms with Gasteiger partial charge in [0.2, 0.25) is 0 Å². The third-order valence-electron chi connectivity index (χ3n) is 4.46. The Morgan fingerprint density at radius 1 is 1.20 bits per heavy atom. The van der Waals surface area contributed by atoms with E-state index < -0.39 is 0 Å². The van der Waals surface area contributed by atoms with E-state index >= 15 is 0 Å². The molecule has 2 aromatic carbocycles. The van der Waals surface area contributed by atoms with Crippen molar-refractivity contribution in [2.75, 3.05) is 6.61 Å². The number of aryl methyl sites for hydroxylation is 1. The van der Waals surface area contributed by atoms with Gasteiger partial charge in [0.05, 0.1) is 24.7 Å². The molecule has 25 heavy (non-hydrogen) atoms. The van der Waals surface area contributed by atoms with E-state index in [-0.39, 0.29) is 5.92 Å². The molecule has 0 aliphatic rings. The van der Waals surface area contributed by atoms with E-state index in [2.05, 4.69) is 54.2 Å². The minimum atomic E-state index is 0.0573. The van der Waals surface area contributed by atoms with Gasteiger partial charge in [-0.05, 0) is 48.2 Å². The number of benzene rings is 2. The monoisotopic (exact) mass is 331 g/mol. The number of nitrogens with one attached hydrogen (secondary N) is 1.